The third-order valence-electron chi connectivity index (χ3n) is 4.44. The van der Waals surface area contributed by atoms with Gasteiger partial charge in [-0.05, 0) is 38.6 Å². The summed E-state index contributed by atoms with van der Waals surface area (Å²) in [5.41, 5.74) is 0.0873. The molecule has 0 radical (unpaired) electrons. The standard InChI is InChI=1S/C16H26N4O/c1-2-10-19(12-13-5-3-4-8-17-13)15-16(21)20(11-9-18-15)14-6-7-14/h9,11,13-14,17H,2-8,10,12H2,1H3. The van der Waals surface area contributed by atoms with Crippen LogP contribution in [0.15, 0.2) is 17.2 Å². The van der Waals surface area contributed by atoms with Gasteiger partial charge in [-0.1, -0.05) is 13.3 Å². The van der Waals surface area contributed by atoms with Crippen LogP contribution in [0.3, 0.4) is 0 Å². The number of rotatable bonds is 6. The highest BCUT2D eigenvalue weighted by Gasteiger charge is 2.27. The molecule has 1 N–H and O–H groups in total. The van der Waals surface area contributed by atoms with E-state index in [1.165, 1.54) is 19.3 Å². The van der Waals surface area contributed by atoms with Crippen molar-refractivity contribution in [1.82, 2.24) is 14.9 Å². The summed E-state index contributed by atoms with van der Waals surface area (Å²) in [6.45, 7) is 5.04. The van der Waals surface area contributed by atoms with Gasteiger partial charge in [-0.15, -0.1) is 0 Å². The van der Waals surface area contributed by atoms with Gasteiger partial charge in [0.1, 0.15) is 0 Å². The van der Waals surface area contributed by atoms with Crippen molar-refractivity contribution < 1.29 is 0 Å². The molecule has 2 aliphatic rings. The zero-order valence-electron chi connectivity index (χ0n) is 12.9. The van der Waals surface area contributed by atoms with E-state index >= 15 is 0 Å². The first-order valence-corrected chi connectivity index (χ1v) is 8.35. The van der Waals surface area contributed by atoms with E-state index in [1.54, 1.807) is 6.20 Å². The molecule has 116 valence electrons. The van der Waals surface area contributed by atoms with Crippen molar-refractivity contribution in [3.8, 4) is 0 Å². The van der Waals surface area contributed by atoms with Crippen molar-refractivity contribution in [2.24, 2.45) is 0 Å². The first-order chi connectivity index (χ1) is 10.3. The maximum atomic E-state index is 12.6. The van der Waals surface area contributed by atoms with Crippen LogP contribution < -0.4 is 15.8 Å². The smallest absolute Gasteiger partial charge is 0.293 e. The molecule has 1 aliphatic heterocycles. The highest BCUT2D eigenvalue weighted by Crippen LogP contribution is 2.33. The lowest BCUT2D eigenvalue weighted by atomic mass is 10.0. The van der Waals surface area contributed by atoms with Gasteiger partial charge in [0.05, 0.1) is 0 Å². The van der Waals surface area contributed by atoms with Gasteiger partial charge in [-0.3, -0.25) is 4.79 Å². The Labute approximate surface area is 126 Å². The van der Waals surface area contributed by atoms with Crippen molar-refractivity contribution in [2.45, 2.75) is 57.5 Å². The molecule has 1 saturated carbocycles. The molecule has 3 rings (SSSR count). The summed E-state index contributed by atoms with van der Waals surface area (Å²) in [4.78, 5) is 19.2. The Balaban J connectivity index is 1.79. The van der Waals surface area contributed by atoms with Crippen LogP contribution >= 0.6 is 0 Å². The molecular weight excluding hydrogens is 264 g/mol. The van der Waals surface area contributed by atoms with Crippen LogP contribution in [-0.4, -0.2) is 35.2 Å². The molecule has 0 aromatic carbocycles. The Morgan fingerprint density at radius 1 is 1.38 bits per heavy atom. The van der Waals surface area contributed by atoms with Crippen LogP contribution in [0.5, 0.6) is 0 Å². The lowest BCUT2D eigenvalue weighted by Crippen LogP contribution is -2.46. The quantitative estimate of drug-likeness (QED) is 0.870. The predicted octanol–water partition coefficient (Wildman–Crippen LogP) is 1.94. The monoisotopic (exact) mass is 290 g/mol. The molecular formula is C16H26N4O. The van der Waals surface area contributed by atoms with E-state index in [0.29, 0.717) is 17.9 Å². The third-order valence-corrected chi connectivity index (χ3v) is 4.44. The summed E-state index contributed by atoms with van der Waals surface area (Å²) in [5, 5.41) is 3.57. The van der Waals surface area contributed by atoms with Crippen molar-refractivity contribution in [2.75, 3.05) is 24.5 Å². The molecule has 5 nitrogen and oxygen atoms in total. The second-order valence-electron chi connectivity index (χ2n) is 6.29. The lowest BCUT2D eigenvalue weighted by molar-refractivity contribution is 0.398. The van der Waals surface area contributed by atoms with Gasteiger partial charge in [0.2, 0.25) is 0 Å². The summed E-state index contributed by atoms with van der Waals surface area (Å²) in [5.74, 6) is 0.638. The first kappa shape index (κ1) is 14.6. The average Bonchev–Trinajstić information content (AvgIpc) is 3.33. The summed E-state index contributed by atoms with van der Waals surface area (Å²) in [6.07, 6.45) is 10.7. The van der Waals surface area contributed by atoms with E-state index in [1.807, 2.05) is 10.8 Å². The number of nitrogens with one attached hydrogen (secondary N) is 1. The Hall–Kier alpha value is -1.36. The Morgan fingerprint density at radius 3 is 2.90 bits per heavy atom. The van der Waals surface area contributed by atoms with Crippen molar-refractivity contribution in [1.29, 1.82) is 0 Å². The molecule has 2 heterocycles. The SMILES string of the molecule is CCCN(CC1CCCCN1)c1nccn(C2CC2)c1=O. The minimum Gasteiger partial charge on any atom is -0.350 e. The molecule has 0 spiro atoms. The van der Waals surface area contributed by atoms with Crippen LogP contribution in [0.1, 0.15) is 51.5 Å². The number of hydrogen-bond donors (Lipinski definition) is 1. The summed E-state index contributed by atoms with van der Waals surface area (Å²) in [6, 6.07) is 0.900. The van der Waals surface area contributed by atoms with Crippen LogP contribution in [0, 0.1) is 0 Å². The maximum Gasteiger partial charge on any atom is 0.293 e. The highest BCUT2D eigenvalue weighted by atomic mass is 16.1. The molecule has 1 unspecified atom stereocenters. The number of nitrogens with zero attached hydrogens (tertiary/aromatic N) is 3. The number of anilines is 1. The molecule has 2 fully saturated rings. The molecule has 1 saturated heterocycles. The van der Waals surface area contributed by atoms with E-state index < -0.39 is 0 Å². The van der Waals surface area contributed by atoms with Crippen molar-refractivity contribution in [3.63, 3.8) is 0 Å². The van der Waals surface area contributed by atoms with Gasteiger partial charge in [-0.25, -0.2) is 4.98 Å². The van der Waals surface area contributed by atoms with Crippen LogP contribution in [-0.2, 0) is 0 Å². The second kappa shape index (κ2) is 6.60. The Morgan fingerprint density at radius 2 is 2.24 bits per heavy atom. The summed E-state index contributed by atoms with van der Waals surface area (Å²) in [7, 11) is 0. The molecule has 0 amide bonds. The Kier molecular flexibility index (Phi) is 4.58. The molecule has 1 aliphatic carbocycles. The fraction of sp³-hybridized carbons (Fsp3) is 0.750. The normalized spacial score (nSPS) is 22.2. The fourth-order valence-corrected chi connectivity index (χ4v) is 3.17. The van der Waals surface area contributed by atoms with Crippen LogP contribution in [0.4, 0.5) is 5.82 Å². The topological polar surface area (TPSA) is 50.2 Å². The lowest BCUT2D eigenvalue weighted by Gasteiger charge is -2.31. The van der Waals surface area contributed by atoms with Crippen molar-refractivity contribution in [3.05, 3.63) is 22.7 Å². The zero-order valence-corrected chi connectivity index (χ0v) is 12.9. The minimum absolute atomic E-state index is 0.0873. The molecule has 1 aromatic heterocycles. The van der Waals surface area contributed by atoms with E-state index in [2.05, 4.69) is 22.1 Å². The van der Waals surface area contributed by atoms with E-state index in [9.17, 15) is 4.79 Å². The largest absolute Gasteiger partial charge is 0.350 e. The van der Waals surface area contributed by atoms with Gasteiger partial charge in [0.15, 0.2) is 5.82 Å². The predicted molar refractivity (Wildman–Crippen MR) is 84.9 cm³/mol. The molecule has 5 heteroatoms. The van der Waals surface area contributed by atoms with Gasteiger partial charge in [-0.2, -0.15) is 0 Å². The number of aromatic nitrogens is 2. The van der Waals surface area contributed by atoms with Gasteiger partial charge in [0, 0.05) is 37.6 Å². The summed E-state index contributed by atoms with van der Waals surface area (Å²) < 4.78 is 1.87. The minimum atomic E-state index is 0.0873. The number of hydrogen-bond acceptors (Lipinski definition) is 4. The van der Waals surface area contributed by atoms with Crippen LogP contribution in [0.25, 0.3) is 0 Å². The van der Waals surface area contributed by atoms with Gasteiger partial charge in [0.25, 0.3) is 5.56 Å². The molecule has 1 atom stereocenters. The molecule has 0 bridgehead atoms. The van der Waals surface area contributed by atoms with E-state index in [4.69, 9.17) is 0 Å². The average molecular weight is 290 g/mol. The molecule has 21 heavy (non-hydrogen) atoms. The van der Waals surface area contributed by atoms with Gasteiger partial charge >= 0.3 is 0 Å². The third kappa shape index (κ3) is 3.46. The van der Waals surface area contributed by atoms with E-state index in [0.717, 1.165) is 38.9 Å². The maximum absolute atomic E-state index is 12.6. The zero-order chi connectivity index (χ0) is 14.7. The number of piperidine rings is 1. The molecule has 1 aromatic rings. The first-order valence-electron chi connectivity index (χ1n) is 8.35. The summed E-state index contributed by atoms with van der Waals surface area (Å²) >= 11 is 0. The van der Waals surface area contributed by atoms with Gasteiger partial charge < -0.3 is 14.8 Å². The van der Waals surface area contributed by atoms with Crippen LogP contribution in [0.2, 0.25) is 0 Å². The second-order valence-corrected chi connectivity index (χ2v) is 6.29. The van der Waals surface area contributed by atoms with Crippen molar-refractivity contribution >= 4 is 5.82 Å². The highest BCUT2D eigenvalue weighted by molar-refractivity contribution is 5.36. The fourth-order valence-electron chi connectivity index (χ4n) is 3.17. The Bertz CT molecular complexity index is 517. The van der Waals surface area contributed by atoms with E-state index in [-0.39, 0.29) is 5.56 Å².